The Balaban J connectivity index is 4.19. The minimum absolute atomic E-state index is 0.0764. The summed E-state index contributed by atoms with van der Waals surface area (Å²) in [6.45, 7) is 7.90. The number of nitrogens with one attached hydrogen (secondary N) is 1. The molecule has 0 spiro atoms. The normalized spacial score (nSPS) is 13.9. The van der Waals surface area contributed by atoms with Gasteiger partial charge < -0.3 is 0 Å². The third kappa shape index (κ3) is 3.83. The molecule has 4 heteroatoms. The molecule has 0 aromatic rings. The van der Waals surface area contributed by atoms with E-state index in [0.717, 1.165) is 0 Å². The van der Waals surface area contributed by atoms with Gasteiger partial charge in [0.15, 0.2) is 5.78 Å². The van der Waals surface area contributed by atoms with E-state index in [9.17, 15) is 4.79 Å². The zero-order valence-corrected chi connectivity index (χ0v) is 9.71. The van der Waals surface area contributed by atoms with Crippen molar-refractivity contribution in [2.45, 2.75) is 33.7 Å². The monoisotopic (exact) mass is 207 g/mol. The van der Waals surface area contributed by atoms with Crippen LogP contribution in [0.5, 0.6) is 0 Å². The van der Waals surface area contributed by atoms with Crippen LogP contribution < -0.4 is 4.72 Å². The van der Waals surface area contributed by atoms with Crippen LogP contribution >= 0.6 is 22.6 Å². The molecule has 0 aliphatic heterocycles. The highest BCUT2D eigenvalue weighted by atomic mass is 33.1. The molecule has 0 saturated carbocycles. The van der Waals surface area contributed by atoms with Crippen LogP contribution in [0.2, 0.25) is 0 Å². The molecule has 0 unspecified atom stereocenters. The van der Waals surface area contributed by atoms with Crippen LogP contribution in [0.4, 0.5) is 0 Å². The van der Waals surface area contributed by atoms with Crippen molar-refractivity contribution in [3.63, 3.8) is 0 Å². The topological polar surface area (TPSA) is 29.1 Å². The van der Waals surface area contributed by atoms with E-state index >= 15 is 0 Å². The van der Waals surface area contributed by atoms with Gasteiger partial charge in [-0.05, 0) is 16.9 Å². The zero-order valence-electron chi connectivity index (χ0n) is 8.00. The number of carbonyl (C=O) groups excluding carboxylic acids is 1. The van der Waals surface area contributed by atoms with Crippen molar-refractivity contribution < 1.29 is 4.79 Å². The molecule has 0 aromatic carbocycles. The number of thiol groups is 1. The van der Waals surface area contributed by atoms with Crippen LogP contribution in [0.3, 0.4) is 0 Å². The quantitative estimate of drug-likeness (QED) is 0.412. The summed E-state index contributed by atoms with van der Waals surface area (Å²) in [4.78, 5) is 11.6. The highest BCUT2D eigenvalue weighted by Gasteiger charge is 2.23. The first kappa shape index (κ1) is 12.3. The van der Waals surface area contributed by atoms with Gasteiger partial charge >= 0.3 is 0 Å². The van der Waals surface area contributed by atoms with Crippen molar-refractivity contribution in [1.29, 1.82) is 0 Å². The van der Waals surface area contributed by atoms with E-state index in [2.05, 4.69) is 16.4 Å². The molecule has 0 bridgehead atoms. The van der Waals surface area contributed by atoms with Gasteiger partial charge in [0.05, 0.1) is 6.04 Å². The molecule has 0 radical (unpaired) electrons. The van der Waals surface area contributed by atoms with Crippen LogP contribution in [0, 0.1) is 11.8 Å². The minimum Gasteiger partial charge on any atom is -0.298 e. The van der Waals surface area contributed by atoms with Gasteiger partial charge in [-0.15, -0.1) is 0 Å². The molecule has 0 saturated heterocycles. The van der Waals surface area contributed by atoms with Gasteiger partial charge in [0.1, 0.15) is 0 Å². The van der Waals surface area contributed by atoms with Crippen molar-refractivity contribution in [3.8, 4) is 0 Å². The average molecular weight is 207 g/mol. The Morgan fingerprint density at radius 1 is 1.33 bits per heavy atom. The van der Waals surface area contributed by atoms with E-state index in [1.54, 1.807) is 0 Å². The van der Waals surface area contributed by atoms with E-state index in [4.69, 9.17) is 0 Å². The lowest BCUT2D eigenvalue weighted by atomic mass is 9.94. The number of ketones is 1. The Bertz CT molecular complexity index is 148. The number of hydrogen-bond donors (Lipinski definition) is 2. The molecule has 0 aliphatic rings. The Hall–Kier alpha value is 0.330. The minimum atomic E-state index is -0.0764. The molecule has 1 atom stereocenters. The Morgan fingerprint density at radius 2 is 1.83 bits per heavy atom. The molecule has 72 valence electrons. The Labute approximate surface area is 83.8 Å². The van der Waals surface area contributed by atoms with Gasteiger partial charge in [-0.2, -0.15) is 0 Å². The lowest BCUT2D eigenvalue weighted by Gasteiger charge is -2.20. The van der Waals surface area contributed by atoms with Gasteiger partial charge in [-0.3, -0.25) is 4.79 Å². The molecule has 0 aromatic heterocycles. The fourth-order valence-corrected chi connectivity index (χ4v) is 1.78. The fourth-order valence-electron chi connectivity index (χ4n) is 0.939. The lowest BCUT2D eigenvalue weighted by Crippen LogP contribution is -2.39. The third-order valence-electron chi connectivity index (χ3n) is 1.72. The summed E-state index contributed by atoms with van der Waals surface area (Å²) in [5, 5.41) is 0. The van der Waals surface area contributed by atoms with Crippen LogP contribution in [-0.4, -0.2) is 11.8 Å². The average Bonchev–Trinajstić information content (AvgIpc) is 1.98. The first-order valence-electron chi connectivity index (χ1n) is 4.10. The third-order valence-corrected chi connectivity index (χ3v) is 2.40. The summed E-state index contributed by atoms with van der Waals surface area (Å²) in [5.41, 5.74) is 0. The van der Waals surface area contributed by atoms with E-state index < -0.39 is 0 Å². The highest BCUT2D eigenvalue weighted by Crippen LogP contribution is 2.13. The maximum atomic E-state index is 11.6. The molecule has 0 aliphatic carbocycles. The van der Waals surface area contributed by atoms with Crippen molar-refractivity contribution >= 4 is 28.4 Å². The molecule has 2 nitrogen and oxygen atoms in total. The van der Waals surface area contributed by atoms with E-state index in [1.807, 2.05) is 27.7 Å². The van der Waals surface area contributed by atoms with Crippen LogP contribution in [0.15, 0.2) is 0 Å². The predicted octanol–water partition coefficient (Wildman–Crippen LogP) is 2.32. The smallest absolute Gasteiger partial charge is 0.153 e. The largest absolute Gasteiger partial charge is 0.298 e. The molecule has 12 heavy (non-hydrogen) atoms. The van der Waals surface area contributed by atoms with Crippen molar-refractivity contribution in [2.75, 3.05) is 0 Å². The van der Waals surface area contributed by atoms with Gasteiger partial charge in [0, 0.05) is 5.92 Å². The summed E-state index contributed by atoms with van der Waals surface area (Å²) in [6, 6.07) is -0.0764. The molecular weight excluding hydrogens is 190 g/mol. The second-order valence-electron chi connectivity index (χ2n) is 3.49. The second-order valence-corrected chi connectivity index (χ2v) is 4.45. The SMILES string of the molecule is CC(C)C(=O)[C@H](NSS)C(C)C. The lowest BCUT2D eigenvalue weighted by molar-refractivity contribution is -0.124. The highest BCUT2D eigenvalue weighted by molar-refractivity contribution is 8.67. The number of rotatable bonds is 5. The standard InChI is InChI=1S/C8H17NOS2/c1-5(2)7(9-12-11)8(10)6(3)4/h5-7,9,11H,1-4H3/t7-/m1/s1. The fraction of sp³-hybridized carbons (Fsp3) is 0.875. The van der Waals surface area contributed by atoms with Crippen LogP contribution in [-0.2, 0) is 4.79 Å². The summed E-state index contributed by atoms with van der Waals surface area (Å²) < 4.78 is 2.99. The predicted molar refractivity (Wildman–Crippen MR) is 58.2 cm³/mol. The molecule has 0 fully saturated rings. The summed E-state index contributed by atoms with van der Waals surface area (Å²) in [7, 11) is 1.21. The van der Waals surface area contributed by atoms with Crippen LogP contribution in [0.25, 0.3) is 0 Å². The molecular formula is C8H17NOS2. The van der Waals surface area contributed by atoms with Gasteiger partial charge in [0.2, 0.25) is 0 Å². The number of hydrogen-bond acceptors (Lipinski definition) is 4. The van der Waals surface area contributed by atoms with E-state index in [1.165, 1.54) is 11.0 Å². The second kappa shape index (κ2) is 5.89. The van der Waals surface area contributed by atoms with Gasteiger partial charge in [-0.25, -0.2) is 4.72 Å². The van der Waals surface area contributed by atoms with Gasteiger partial charge in [0.25, 0.3) is 0 Å². The maximum absolute atomic E-state index is 11.6. The number of carbonyl (C=O) groups is 1. The van der Waals surface area contributed by atoms with Crippen LogP contribution in [0.1, 0.15) is 27.7 Å². The first-order chi connectivity index (χ1) is 5.50. The van der Waals surface area contributed by atoms with E-state index in [-0.39, 0.29) is 17.7 Å². The molecule has 0 heterocycles. The van der Waals surface area contributed by atoms with Crippen molar-refractivity contribution in [1.82, 2.24) is 4.72 Å². The summed E-state index contributed by atoms with van der Waals surface area (Å²) >= 11 is 3.97. The summed E-state index contributed by atoms with van der Waals surface area (Å²) in [5.74, 6) is 0.663. The summed E-state index contributed by atoms with van der Waals surface area (Å²) in [6.07, 6.45) is 0. The first-order valence-corrected chi connectivity index (χ1v) is 5.97. The zero-order chi connectivity index (χ0) is 9.72. The van der Waals surface area contributed by atoms with Crippen molar-refractivity contribution in [3.05, 3.63) is 0 Å². The maximum Gasteiger partial charge on any atom is 0.153 e. The Kier molecular flexibility index (Phi) is 6.05. The van der Waals surface area contributed by atoms with E-state index in [0.29, 0.717) is 5.92 Å². The van der Waals surface area contributed by atoms with Gasteiger partial charge in [-0.1, -0.05) is 39.4 Å². The Morgan fingerprint density at radius 3 is 2.08 bits per heavy atom. The van der Waals surface area contributed by atoms with Crippen molar-refractivity contribution in [2.24, 2.45) is 11.8 Å². The molecule has 1 N–H and O–H groups in total. The molecule has 0 amide bonds. The molecule has 0 rings (SSSR count). The number of Topliss-reactive ketones (excluding diaryl/α,β-unsaturated/α-hetero) is 1.